The van der Waals surface area contributed by atoms with Gasteiger partial charge in [-0.15, -0.1) is 0 Å². The second-order valence-corrected chi connectivity index (χ2v) is 14.2. The minimum absolute atomic E-state index is 0.326. The van der Waals surface area contributed by atoms with Gasteiger partial charge >= 0.3 is 0 Å². The van der Waals surface area contributed by atoms with Crippen molar-refractivity contribution in [1.29, 1.82) is 0 Å². The van der Waals surface area contributed by atoms with Crippen LogP contribution in [0.4, 0.5) is 0 Å². The van der Waals surface area contributed by atoms with E-state index < -0.39 is 8.08 Å². The normalized spacial score (nSPS) is 13.6. The summed E-state index contributed by atoms with van der Waals surface area (Å²) < 4.78 is 11.4. The summed E-state index contributed by atoms with van der Waals surface area (Å²) in [5, 5.41) is 0. The van der Waals surface area contributed by atoms with Gasteiger partial charge in [0, 0.05) is 0 Å². The molecule has 4 nitrogen and oxygen atoms in total. The first-order chi connectivity index (χ1) is 10.6. The molecule has 0 N–H and O–H groups in total. The first-order valence-corrected chi connectivity index (χ1v) is 14.3. The molecule has 0 rings (SSSR count). The first kappa shape index (κ1) is 22.3. The highest BCUT2D eigenvalue weighted by atomic mass is 29.2. The lowest BCUT2D eigenvalue weighted by Crippen LogP contribution is -2.80. The SMILES string of the molecule is CCN(CC)[SiH2][Si](N(CC)CC)(N(CC)CC)N(CC)CC. The number of nitrogens with zero attached hydrogens (tertiary/aromatic N) is 4. The third kappa shape index (κ3) is 4.88. The fourth-order valence-electron chi connectivity index (χ4n) is 3.84. The van der Waals surface area contributed by atoms with Gasteiger partial charge in [-0.2, -0.15) is 0 Å². The molecule has 134 valence electrons. The molecule has 0 aromatic rings. The van der Waals surface area contributed by atoms with Gasteiger partial charge in [0.25, 0.3) is 8.08 Å². The zero-order chi connectivity index (χ0) is 17.2. The fraction of sp³-hybridized carbons (Fsp3) is 1.00. The number of rotatable bonds is 13. The zero-order valence-electron chi connectivity index (χ0n) is 16.7. The Balaban J connectivity index is 5.98. The summed E-state index contributed by atoms with van der Waals surface area (Å²) >= 11 is 0. The molecule has 0 aliphatic heterocycles. The van der Waals surface area contributed by atoms with Gasteiger partial charge in [0.2, 0.25) is 0 Å². The monoisotopic (exact) mass is 346 g/mol. The molecule has 0 radical (unpaired) electrons. The van der Waals surface area contributed by atoms with E-state index in [0.717, 1.165) is 0 Å². The van der Waals surface area contributed by atoms with Crippen molar-refractivity contribution in [2.24, 2.45) is 0 Å². The van der Waals surface area contributed by atoms with Gasteiger partial charge < -0.3 is 18.3 Å². The highest BCUT2D eigenvalue weighted by Gasteiger charge is 2.49. The molecule has 0 saturated carbocycles. The fourth-order valence-corrected chi connectivity index (χ4v) is 18.7. The molecule has 0 aromatic heterocycles. The van der Waals surface area contributed by atoms with Crippen LogP contribution in [0.5, 0.6) is 0 Å². The summed E-state index contributed by atoms with van der Waals surface area (Å²) in [5.41, 5.74) is 0. The van der Waals surface area contributed by atoms with Crippen molar-refractivity contribution < 1.29 is 0 Å². The molecule has 0 amide bonds. The van der Waals surface area contributed by atoms with Gasteiger partial charge in [0.1, 0.15) is 9.20 Å². The molecule has 0 bridgehead atoms. The summed E-state index contributed by atoms with van der Waals surface area (Å²) in [5.74, 6) is 0. The van der Waals surface area contributed by atoms with E-state index in [-0.39, 0.29) is 9.20 Å². The van der Waals surface area contributed by atoms with Crippen molar-refractivity contribution in [1.82, 2.24) is 18.3 Å². The molecule has 0 fully saturated rings. The molecule has 0 aliphatic rings. The van der Waals surface area contributed by atoms with Crippen LogP contribution in [-0.4, -0.2) is 87.9 Å². The zero-order valence-corrected chi connectivity index (χ0v) is 19.1. The predicted octanol–water partition coefficient (Wildman–Crippen LogP) is 1.87. The van der Waals surface area contributed by atoms with E-state index in [0.29, 0.717) is 0 Å². The van der Waals surface area contributed by atoms with Crippen molar-refractivity contribution in [2.45, 2.75) is 55.4 Å². The smallest absolute Gasteiger partial charge is 0.280 e. The summed E-state index contributed by atoms with van der Waals surface area (Å²) in [4.78, 5) is 0. The Labute approximate surface area is 143 Å². The van der Waals surface area contributed by atoms with Crippen LogP contribution in [0.25, 0.3) is 0 Å². The van der Waals surface area contributed by atoms with Crippen molar-refractivity contribution in [3.63, 3.8) is 0 Å². The second kappa shape index (κ2) is 11.8. The lowest BCUT2D eigenvalue weighted by molar-refractivity contribution is 0.278. The third-order valence-corrected chi connectivity index (χ3v) is 18.5. The number of hydrogen-bond donors (Lipinski definition) is 0. The highest BCUT2D eigenvalue weighted by Crippen LogP contribution is 2.21. The van der Waals surface area contributed by atoms with Gasteiger partial charge in [0.15, 0.2) is 0 Å². The lowest BCUT2D eigenvalue weighted by Gasteiger charge is -2.54. The molecule has 0 aliphatic carbocycles. The van der Waals surface area contributed by atoms with Crippen molar-refractivity contribution in [2.75, 3.05) is 52.4 Å². The maximum Gasteiger partial charge on any atom is 0.280 e. The Morgan fingerprint density at radius 3 is 0.955 bits per heavy atom. The molecule has 0 unspecified atom stereocenters. The van der Waals surface area contributed by atoms with Crippen LogP contribution < -0.4 is 0 Å². The van der Waals surface area contributed by atoms with Gasteiger partial charge in [-0.05, 0) is 52.4 Å². The molecule has 0 saturated heterocycles. The Morgan fingerprint density at radius 1 is 0.500 bits per heavy atom. The van der Waals surface area contributed by atoms with Crippen molar-refractivity contribution in [3.05, 3.63) is 0 Å². The van der Waals surface area contributed by atoms with E-state index >= 15 is 0 Å². The van der Waals surface area contributed by atoms with Gasteiger partial charge in [-0.3, -0.25) is 0 Å². The molecule has 0 spiro atoms. The average molecular weight is 347 g/mol. The van der Waals surface area contributed by atoms with Gasteiger partial charge in [-0.1, -0.05) is 55.4 Å². The van der Waals surface area contributed by atoms with E-state index in [2.05, 4.69) is 73.7 Å². The molecular formula is C16H42N4Si2. The third-order valence-electron chi connectivity index (χ3n) is 5.14. The Morgan fingerprint density at radius 2 is 0.773 bits per heavy atom. The summed E-state index contributed by atoms with van der Waals surface area (Å²) in [6, 6.07) is 0. The average Bonchev–Trinajstić information content (AvgIpc) is 2.55. The molecule has 0 heterocycles. The van der Waals surface area contributed by atoms with Crippen LogP contribution in [-0.2, 0) is 0 Å². The van der Waals surface area contributed by atoms with E-state index in [4.69, 9.17) is 0 Å². The van der Waals surface area contributed by atoms with Crippen LogP contribution in [0, 0.1) is 0 Å². The molecule has 0 aromatic carbocycles. The molecule has 6 heteroatoms. The van der Waals surface area contributed by atoms with Crippen molar-refractivity contribution >= 4 is 17.3 Å². The first-order valence-electron chi connectivity index (χ1n) is 9.53. The maximum absolute atomic E-state index is 2.86. The predicted molar refractivity (Wildman–Crippen MR) is 106 cm³/mol. The quantitative estimate of drug-likeness (QED) is 0.472. The summed E-state index contributed by atoms with van der Waals surface area (Å²) in [7, 11) is -2.05. The topological polar surface area (TPSA) is 13.0 Å². The minimum atomic E-state index is -1.72. The largest absolute Gasteiger partial charge is 0.327 e. The summed E-state index contributed by atoms with van der Waals surface area (Å²) in [6.45, 7) is 28.3. The number of hydrogen-bond acceptors (Lipinski definition) is 4. The summed E-state index contributed by atoms with van der Waals surface area (Å²) in [6.07, 6.45) is 0. The molecular weight excluding hydrogens is 304 g/mol. The lowest BCUT2D eigenvalue weighted by atomic mass is 10.6. The molecule has 0 atom stereocenters. The van der Waals surface area contributed by atoms with E-state index in [1.54, 1.807) is 0 Å². The van der Waals surface area contributed by atoms with Crippen LogP contribution in [0.1, 0.15) is 55.4 Å². The Kier molecular flexibility index (Phi) is 11.9. The second-order valence-electron chi connectivity index (χ2n) is 5.75. The maximum atomic E-state index is 2.86. The Bertz CT molecular complexity index is 232. The van der Waals surface area contributed by atoms with Crippen LogP contribution >= 0.6 is 0 Å². The van der Waals surface area contributed by atoms with E-state index in [9.17, 15) is 0 Å². The van der Waals surface area contributed by atoms with Crippen LogP contribution in [0.3, 0.4) is 0 Å². The van der Waals surface area contributed by atoms with E-state index in [1.807, 2.05) is 0 Å². The van der Waals surface area contributed by atoms with Crippen molar-refractivity contribution in [3.8, 4) is 0 Å². The Hall–Kier alpha value is 0.274. The van der Waals surface area contributed by atoms with Gasteiger partial charge in [0.05, 0.1) is 0 Å². The molecule has 22 heavy (non-hydrogen) atoms. The highest BCUT2D eigenvalue weighted by molar-refractivity contribution is 7.19. The van der Waals surface area contributed by atoms with E-state index in [1.165, 1.54) is 52.4 Å². The van der Waals surface area contributed by atoms with Gasteiger partial charge in [-0.25, -0.2) is 0 Å². The standard InChI is InChI=1S/C16H42N4Si2/c1-9-17(10-2)21-22(18(11-3)12-4,19(13-5)14-6)20(15-7)16-8/h9-16,21H2,1-8H3. The van der Waals surface area contributed by atoms with Crippen LogP contribution in [0.2, 0.25) is 0 Å². The van der Waals surface area contributed by atoms with Crippen LogP contribution in [0.15, 0.2) is 0 Å². The minimum Gasteiger partial charge on any atom is -0.327 e.